The van der Waals surface area contributed by atoms with E-state index in [9.17, 15) is 32.3 Å². The van der Waals surface area contributed by atoms with Gasteiger partial charge in [-0.3, -0.25) is 23.9 Å². The second-order valence-electron chi connectivity index (χ2n) is 11.0. The Morgan fingerprint density at radius 2 is 1.93 bits per heavy atom. The van der Waals surface area contributed by atoms with Crippen LogP contribution in [0.2, 0.25) is 5.02 Å². The quantitative estimate of drug-likeness (QED) is 0.314. The van der Waals surface area contributed by atoms with Crippen LogP contribution in [-0.2, 0) is 22.6 Å². The Labute approximate surface area is 246 Å². The Hall–Kier alpha value is -4.33. The third-order valence-electron chi connectivity index (χ3n) is 8.31. The van der Waals surface area contributed by atoms with E-state index < -0.39 is 37.0 Å². The zero-order valence-electron chi connectivity index (χ0n) is 22.7. The molecule has 15 heteroatoms. The average molecular weight is 618 g/mol. The van der Waals surface area contributed by atoms with Gasteiger partial charge in [-0.2, -0.15) is 13.2 Å². The number of nitrogens with two attached hydrogens (primary N) is 1. The number of piperidine rings is 1. The number of nitrogens with zero attached hydrogens (tertiary/aromatic N) is 4. The zero-order valence-corrected chi connectivity index (χ0v) is 23.5. The second kappa shape index (κ2) is 10.7. The number of carbonyl (C=O) groups excluding carboxylic acids is 3. The van der Waals surface area contributed by atoms with Gasteiger partial charge < -0.3 is 20.5 Å². The van der Waals surface area contributed by atoms with Crippen molar-refractivity contribution in [3.63, 3.8) is 0 Å². The van der Waals surface area contributed by atoms with Gasteiger partial charge in [0.1, 0.15) is 6.54 Å². The van der Waals surface area contributed by atoms with Gasteiger partial charge in [-0.1, -0.05) is 11.6 Å². The van der Waals surface area contributed by atoms with Gasteiger partial charge in [-0.05, 0) is 48.6 Å². The van der Waals surface area contributed by atoms with E-state index in [4.69, 9.17) is 17.3 Å². The summed E-state index contributed by atoms with van der Waals surface area (Å²) in [4.78, 5) is 63.7. The maximum Gasteiger partial charge on any atom is 0.406 e. The van der Waals surface area contributed by atoms with Gasteiger partial charge in [0.25, 0.3) is 5.91 Å². The molecule has 0 bridgehead atoms. The molecular weight excluding hydrogens is 591 g/mol. The van der Waals surface area contributed by atoms with Crippen LogP contribution in [0.4, 0.5) is 13.2 Å². The molecule has 0 radical (unpaired) electrons. The standard InChI is InChI=1S/C28H27ClF3N7O4/c29-19-9-14-8-15(26(42)38(13-28(30,31)32)12-18(14)22-17(24(33)41)11-35-23(19)22)10-21(40)37-6-3-16(4-7-37)39-20-2-1-5-34-25(20)36-27(39)43/h1-2,5,9,11,15-16,35H,3-4,6-8,10,12-13H2,(H2,33,41)(H,34,36,43)/t15-/m0/s1. The van der Waals surface area contributed by atoms with Crippen LogP contribution >= 0.6 is 11.6 Å². The summed E-state index contributed by atoms with van der Waals surface area (Å²) in [7, 11) is 0. The van der Waals surface area contributed by atoms with Crippen molar-refractivity contribution in [3.8, 4) is 0 Å². The molecule has 5 heterocycles. The lowest BCUT2D eigenvalue weighted by atomic mass is 9.91. The van der Waals surface area contributed by atoms with Gasteiger partial charge in [0.05, 0.1) is 27.5 Å². The first kappa shape index (κ1) is 28.8. The molecule has 1 saturated heterocycles. The SMILES string of the molecule is NC(=O)c1c[nH]c2c(Cl)cc3c(c12)CN(CC(F)(F)F)C(=O)[C@H](CC(=O)N1CCC(n2c(=O)[nH]c4ncccc42)CC1)C3. The first-order valence-corrected chi connectivity index (χ1v) is 14.1. The van der Waals surface area contributed by atoms with E-state index in [0.717, 1.165) is 0 Å². The van der Waals surface area contributed by atoms with Crippen LogP contribution in [0.15, 0.2) is 35.4 Å². The molecule has 4 aromatic rings. The molecule has 0 saturated carbocycles. The maximum absolute atomic E-state index is 13.6. The van der Waals surface area contributed by atoms with Gasteiger partial charge in [-0.25, -0.2) is 9.78 Å². The summed E-state index contributed by atoms with van der Waals surface area (Å²) in [6, 6.07) is 4.91. The summed E-state index contributed by atoms with van der Waals surface area (Å²) in [6.07, 6.45) is -1.16. The number of pyridine rings is 1. The highest BCUT2D eigenvalue weighted by molar-refractivity contribution is 6.36. The number of benzene rings is 1. The van der Waals surface area contributed by atoms with Crippen molar-refractivity contribution < 1.29 is 27.6 Å². The minimum atomic E-state index is -4.69. The smallest absolute Gasteiger partial charge is 0.366 e. The predicted molar refractivity (Wildman–Crippen MR) is 150 cm³/mol. The number of aromatic amines is 2. The van der Waals surface area contributed by atoms with Crippen molar-refractivity contribution in [1.82, 2.24) is 29.3 Å². The van der Waals surface area contributed by atoms with Crippen molar-refractivity contribution >= 4 is 51.4 Å². The van der Waals surface area contributed by atoms with E-state index in [-0.39, 0.29) is 46.5 Å². The van der Waals surface area contributed by atoms with Crippen LogP contribution in [0, 0.1) is 5.92 Å². The molecule has 1 fully saturated rings. The van der Waals surface area contributed by atoms with Crippen molar-refractivity contribution in [2.24, 2.45) is 11.7 Å². The molecule has 11 nitrogen and oxygen atoms in total. The molecule has 0 aliphatic carbocycles. The van der Waals surface area contributed by atoms with Crippen molar-refractivity contribution in [1.29, 1.82) is 0 Å². The minimum Gasteiger partial charge on any atom is -0.366 e. The molecule has 2 aliphatic rings. The molecule has 3 amide bonds. The van der Waals surface area contributed by atoms with E-state index in [1.807, 2.05) is 0 Å². The summed E-state index contributed by atoms with van der Waals surface area (Å²) < 4.78 is 42.5. The number of carbonyl (C=O) groups is 3. The van der Waals surface area contributed by atoms with Crippen molar-refractivity contribution in [2.75, 3.05) is 19.6 Å². The Bertz CT molecular complexity index is 1820. The number of alkyl halides is 3. The molecule has 0 unspecified atom stereocenters. The largest absolute Gasteiger partial charge is 0.406 e. The number of nitrogens with one attached hydrogen (secondary N) is 2. The topological polar surface area (TPSA) is 150 Å². The minimum absolute atomic E-state index is 0.0402. The molecule has 0 spiro atoms. The fourth-order valence-electron chi connectivity index (χ4n) is 6.38. The third kappa shape index (κ3) is 5.35. The highest BCUT2D eigenvalue weighted by Crippen LogP contribution is 2.37. The van der Waals surface area contributed by atoms with E-state index >= 15 is 0 Å². The maximum atomic E-state index is 13.6. The lowest BCUT2D eigenvalue weighted by Gasteiger charge is -2.33. The van der Waals surface area contributed by atoms with E-state index in [1.165, 1.54) is 6.20 Å². The second-order valence-corrected chi connectivity index (χ2v) is 11.4. The fourth-order valence-corrected chi connectivity index (χ4v) is 6.66. The number of halogens is 4. The number of imidazole rings is 1. The zero-order chi connectivity index (χ0) is 30.6. The van der Waals surface area contributed by atoms with Crippen LogP contribution in [0.1, 0.15) is 46.8 Å². The summed E-state index contributed by atoms with van der Waals surface area (Å²) in [5.74, 6) is -3.06. The number of primary amides is 1. The van der Waals surface area contributed by atoms with Crippen molar-refractivity contribution in [3.05, 3.63) is 62.8 Å². The number of amides is 3. The number of fused-ring (bicyclic) bond motifs is 4. The van der Waals surface area contributed by atoms with E-state index in [1.54, 1.807) is 33.9 Å². The molecule has 1 aromatic carbocycles. The van der Waals surface area contributed by atoms with Crippen LogP contribution in [-0.4, -0.2) is 72.9 Å². The normalized spacial score (nSPS) is 18.3. The van der Waals surface area contributed by atoms with Crippen molar-refractivity contribution in [2.45, 2.75) is 44.4 Å². The van der Waals surface area contributed by atoms with Crippen LogP contribution in [0.25, 0.3) is 22.1 Å². The molecule has 4 N–H and O–H groups in total. The van der Waals surface area contributed by atoms with Gasteiger partial charge in [0.15, 0.2) is 5.65 Å². The summed E-state index contributed by atoms with van der Waals surface area (Å²) in [5, 5.41) is 0.486. The molecule has 43 heavy (non-hydrogen) atoms. The number of H-pyrrole nitrogens is 2. The first-order chi connectivity index (χ1) is 20.4. The van der Waals surface area contributed by atoms with Gasteiger partial charge in [0.2, 0.25) is 11.8 Å². The number of rotatable bonds is 5. The monoisotopic (exact) mass is 617 g/mol. The van der Waals surface area contributed by atoms with Crippen LogP contribution < -0.4 is 11.4 Å². The van der Waals surface area contributed by atoms with E-state index in [2.05, 4.69) is 15.0 Å². The Balaban J connectivity index is 1.25. The first-order valence-electron chi connectivity index (χ1n) is 13.7. The highest BCUT2D eigenvalue weighted by atomic mass is 35.5. The number of likely N-dealkylation sites (tertiary alicyclic amines) is 1. The van der Waals surface area contributed by atoms with E-state index in [0.29, 0.717) is 58.6 Å². The van der Waals surface area contributed by atoms with Gasteiger partial charge >= 0.3 is 11.9 Å². The average Bonchev–Trinajstić information content (AvgIpc) is 3.51. The summed E-state index contributed by atoms with van der Waals surface area (Å²) >= 11 is 6.46. The van der Waals surface area contributed by atoms with Crippen LogP contribution in [0.5, 0.6) is 0 Å². The lowest BCUT2D eigenvalue weighted by molar-refractivity contribution is -0.165. The molecule has 6 rings (SSSR count). The number of hydrogen-bond acceptors (Lipinski definition) is 5. The molecule has 1 atom stereocenters. The molecule has 3 aromatic heterocycles. The lowest BCUT2D eigenvalue weighted by Crippen LogP contribution is -2.44. The molecular formula is C28H27ClF3N7O4. The summed E-state index contributed by atoms with van der Waals surface area (Å²) in [6.45, 7) is -1.32. The molecule has 2 aliphatic heterocycles. The number of aromatic nitrogens is 4. The third-order valence-corrected chi connectivity index (χ3v) is 8.61. The Morgan fingerprint density at radius 1 is 1.19 bits per heavy atom. The number of hydrogen-bond donors (Lipinski definition) is 3. The highest BCUT2D eigenvalue weighted by Gasteiger charge is 2.40. The molecule has 226 valence electrons. The Kier molecular flexibility index (Phi) is 7.19. The fraction of sp³-hybridized carbons (Fsp3) is 0.393. The Morgan fingerprint density at radius 3 is 2.63 bits per heavy atom. The summed E-state index contributed by atoms with van der Waals surface area (Å²) in [5.41, 5.74) is 7.56. The van der Waals surface area contributed by atoms with Gasteiger partial charge in [0, 0.05) is 49.9 Å². The van der Waals surface area contributed by atoms with Crippen LogP contribution in [0.3, 0.4) is 0 Å². The predicted octanol–water partition coefficient (Wildman–Crippen LogP) is 3.28. The van der Waals surface area contributed by atoms with Gasteiger partial charge in [-0.15, -0.1) is 0 Å².